The van der Waals surface area contributed by atoms with Gasteiger partial charge in [-0.1, -0.05) is 12.1 Å². The van der Waals surface area contributed by atoms with Gasteiger partial charge in [0.25, 0.3) is 0 Å². The first-order valence-electron chi connectivity index (χ1n) is 9.72. The number of nitrogens with one attached hydrogen (secondary N) is 3. The second kappa shape index (κ2) is 10.4. The Balaban J connectivity index is 0.00000341. The SMILES string of the molecule is CN=C(NCCc1c[nH]c2cccc(C)c12)NC1CCN(S(=O)(=O)C(F)(F)F)CC1.I. The molecule has 1 aromatic carbocycles. The van der Waals surface area contributed by atoms with E-state index in [1.807, 2.05) is 18.3 Å². The molecule has 0 spiro atoms. The summed E-state index contributed by atoms with van der Waals surface area (Å²) >= 11 is 0. The highest BCUT2D eigenvalue weighted by atomic mass is 127. The third kappa shape index (κ3) is 5.83. The second-order valence-electron chi connectivity index (χ2n) is 7.33. The van der Waals surface area contributed by atoms with Crippen LogP contribution in [0.1, 0.15) is 24.0 Å². The molecule has 1 saturated heterocycles. The van der Waals surface area contributed by atoms with Crippen LogP contribution in [0.3, 0.4) is 0 Å². The average Bonchev–Trinajstić information content (AvgIpc) is 3.11. The smallest absolute Gasteiger partial charge is 0.361 e. The second-order valence-corrected chi connectivity index (χ2v) is 9.26. The van der Waals surface area contributed by atoms with Crippen LogP contribution in [-0.2, 0) is 16.4 Å². The molecule has 7 nitrogen and oxygen atoms in total. The zero-order chi connectivity index (χ0) is 21.9. The number of rotatable bonds is 5. The van der Waals surface area contributed by atoms with Gasteiger partial charge < -0.3 is 15.6 Å². The van der Waals surface area contributed by atoms with Crippen LogP contribution >= 0.6 is 24.0 Å². The van der Waals surface area contributed by atoms with Gasteiger partial charge in [0, 0.05) is 49.8 Å². The minimum Gasteiger partial charge on any atom is -0.361 e. The number of hydrogen-bond acceptors (Lipinski definition) is 3. The summed E-state index contributed by atoms with van der Waals surface area (Å²) < 4.78 is 61.6. The minimum atomic E-state index is -5.26. The number of aromatic amines is 1. The molecular weight excluding hydrogens is 546 g/mol. The molecule has 31 heavy (non-hydrogen) atoms. The molecule has 0 unspecified atom stereocenters. The van der Waals surface area contributed by atoms with Crippen molar-refractivity contribution in [1.82, 2.24) is 19.9 Å². The Kier molecular flexibility index (Phi) is 8.62. The lowest BCUT2D eigenvalue weighted by atomic mass is 10.1. The van der Waals surface area contributed by atoms with Crippen LogP contribution in [0.5, 0.6) is 0 Å². The number of aliphatic imine (C=N–C) groups is 1. The number of benzene rings is 1. The van der Waals surface area contributed by atoms with E-state index in [4.69, 9.17) is 0 Å². The minimum absolute atomic E-state index is 0. The van der Waals surface area contributed by atoms with Crippen molar-refractivity contribution in [2.24, 2.45) is 4.99 Å². The first-order valence-corrected chi connectivity index (χ1v) is 11.2. The van der Waals surface area contributed by atoms with Gasteiger partial charge in [-0.3, -0.25) is 4.99 Å². The largest absolute Gasteiger partial charge is 0.511 e. The molecule has 1 aromatic heterocycles. The summed E-state index contributed by atoms with van der Waals surface area (Å²) in [5.74, 6) is 0.545. The fourth-order valence-electron chi connectivity index (χ4n) is 3.74. The van der Waals surface area contributed by atoms with Gasteiger partial charge in [0.1, 0.15) is 0 Å². The van der Waals surface area contributed by atoms with Crippen molar-refractivity contribution in [2.75, 3.05) is 26.7 Å². The quantitative estimate of drug-likeness (QED) is 0.292. The van der Waals surface area contributed by atoms with E-state index >= 15 is 0 Å². The van der Waals surface area contributed by atoms with E-state index < -0.39 is 15.5 Å². The highest BCUT2D eigenvalue weighted by molar-refractivity contribution is 14.0. The predicted molar refractivity (Wildman–Crippen MR) is 126 cm³/mol. The molecule has 0 amide bonds. The van der Waals surface area contributed by atoms with Crippen LogP contribution in [0.2, 0.25) is 0 Å². The number of halogens is 4. The van der Waals surface area contributed by atoms with Crippen LogP contribution in [0.4, 0.5) is 13.2 Å². The summed E-state index contributed by atoms with van der Waals surface area (Å²) in [5, 5.41) is 7.60. The molecular formula is C19H27F3IN5O2S. The summed E-state index contributed by atoms with van der Waals surface area (Å²) in [7, 11) is -3.64. The van der Waals surface area contributed by atoms with E-state index in [1.54, 1.807) is 7.05 Å². The van der Waals surface area contributed by atoms with Crippen molar-refractivity contribution in [3.05, 3.63) is 35.5 Å². The molecule has 3 rings (SSSR count). The van der Waals surface area contributed by atoms with Crippen molar-refractivity contribution in [1.29, 1.82) is 0 Å². The van der Waals surface area contributed by atoms with Gasteiger partial charge in [0.2, 0.25) is 0 Å². The molecule has 0 atom stereocenters. The molecule has 0 saturated carbocycles. The Morgan fingerprint density at radius 3 is 2.58 bits per heavy atom. The van der Waals surface area contributed by atoms with Gasteiger partial charge in [0.15, 0.2) is 5.96 Å². The molecule has 1 fully saturated rings. The molecule has 174 valence electrons. The van der Waals surface area contributed by atoms with Gasteiger partial charge in [-0.15, -0.1) is 24.0 Å². The van der Waals surface area contributed by atoms with Crippen LogP contribution in [0.15, 0.2) is 29.4 Å². The molecule has 0 aliphatic carbocycles. The first kappa shape index (κ1) is 25.7. The average molecular weight is 573 g/mol. The topological polar surface area (TPSA) is 89.6 Å². The zero-order valence-electron chi connectivity index (χ0n) is 17.3. The number of aromatic nitrogens is 1. The summed E-state index contributed by atoms with van der Waals surface area (Å²) in [6, 6.07) is 5.96. The first-order chi connectivity index (χ1) is 14.1. The van der Waals surface area contributed by atoms with E-state index in [-0.39, 0.29) is 55.9 Å². The molecule has 0 bridgehead atoms. The van der Waals surface area contributed by atoms with E-state index in [0.717, 1.165) is 11.9 Å². The molecule has 12 heteroatoms. The van der Waals surface area contributed by atoms with Crippen LogP contribution in [0.25, 0.3) is 10.9 Å². The van der Waals surface area contributed by atoms with Crippen LogP contribution in [-0.4, -0.2) is 61.9 Å². The fourth-order valence-corrected chi connectivity index (χ4v) is 4.72. The maximum atomic E-state index is 12.7. The Hall–Kier alpha value is -1.54. The van der Waals surface area contributed by atoms with E-state index in [1.165, 1.54) is 16.5 Å². The number of sulfonamides is 1. The van der Waals surface area contributed by atoms with Crippen molar-refractivity contribution in [2.45, 2.75) is 37.7 Å². The third-order valence-corrected chi connectivity index (χ3v) is 6.96. The molecule has 2 aromatic rings. The normalized spacial score (nSPS) is 16.9. The predicted octanol–water partition coefficient (Wildman–Crippen LogP) is 3.12. The molecule has 0 radical (unpaired) electrons. The third-order valence-electron chi connectivity index (χ3n) is 5.33. The zero-order valence-corrected chi connectivity index (χ0v) is 20.4. The highest BCUT2D eigenvalue weighted by Gasteiger charge is 2.50. The lowest BCUT2D eigenvalue weighted by Gasteiger charge is -2.32. The maximum Gasteiger partial charge on any atom is 0.511 e. The van der Waals surface area contributed by atoms with E-state index in [2.05, 4.69) is 33.6 Å². The lowest BCUT2D eigenvalue weighted by molar-refractivity contribution is -0.0494. The Morgan fingerprint density at radius 1 is 1.29 bits per heavy atom. The Labute approximate surface area is 196 Å². The Morgan fingerprint density at radius 2 is 1.97 bits per heavy atom. The number of guanidine groups is 1. The van der Waals surface area contributed by atoms with Gasteiger partial charge in [-0.05, 0) is 43.4 Å². The van der Waals surface area contributed by atoms with E-state index in [9.17, 15) is 21.6 Å². The summed E-state index contributed by atoms with van der Waals surface area (Å²) in [4.78, 5) is 7.43. The summed E-state index contributed by atoms with van der Waals surface area (Å²) in [6.07, 6.45) is 3.31. The number of piperidine rings is 1. The molecule has 3 N–H and O–H groups in total. The van der Waals surface area contributed by atoms with Crippen molar-refractivity contribution in [3.63, 3.8) is 0 Å². The summed E-state index contributed by atoms with van der Waals surface area (Å²) in [6.45, 7) is 2.34. The van der Waals surface area contributed by atoms with Crippen molar-refractivity contribution < 1.29 is 21.6 Å². The number of H-pyrrole nitrogens is 1. The number of alkyl halides is 3. The number of nitrogens with zero attached hydrogens (tertiary/aromatic N) is 2. The fraction of sp³-hybridized carbons (Fsp3) is 0.526. The van der Waals surface area contributed by atoms with Gasteiger partial charge in [-0.25, -0.2) is 8.42 Å². The van der Waals surface area contributed by atoms with Crippen LogP contribution in [0, 0.1) is 6.92 Å². The number of hydrogen-bond donors (Lipinski definition) is 3. The van der Waals surface area contributed by atoms with Gasteiger partial charge in [-0.2, -0.15) is 17.5 Å². The van der Waals surface area contributed by atoms with Crippen molar-refractivity contribution in [3.8, 4) is 0 Å². The monoisotopic (exact) mass is 573 g/mol. The number of aryl methyl sites for hydroxylation is 1. The standard InChI is InChI=1S/C19H26F3N5O2S.HI/c1-13-4-3-5-16-17(13)14(12-25-16)6-9-24-18(23-2)26-15-7-10-27(11-8-15)30(28,29)19(20,21)22;/h3-5,12,15,25H,6-11H2,1-2H3,(H2,23,24,26);1H. The molecule has 2 heterocycles. The molecule has 1 aliphatic heterocycles. The van der Waals surface area contributed by atoms with Crippen LogP contribution < -0.4 is 10.6 Å². The Bertz CT molecular complexity index is 1020. The highest BCUT2D eigenvalue weighted by Crippen LogP contribution is 2.29. The number of fused-ring (bicyclic) bond motifs is 1. The lowest BCUT2D eigenvalue weighted by Crippen LogP contribution is -2.51. The van der Waals surface area contributed by atoms with Crippen molar-refractivity contribution >= 4 is 50.9 Å². The van der Waals surface area contributed by atoms with E-state index in [0.29, 0.717) is 16.8 Å². The van der Waals surface area contributed by atoms with Gasteiger partial charge >= 0.3 is 15.5 Å². The maximum absolute atomic E-state index is 12.7. The summed E-state index contributed by atoms with van der Waals surface area (Å²) in [5.41, 5.74) is -1.78. The van der Waals surface area contributed by atoms with Gasteiger partial charge in [0.05, 0.1) is 0 Å². The molecule has 1 aliphatic rings.